The number of rotatable bonds is 5. The molecule has 3 heteroatoms. The van der Waals surface area contributed by atoms with E-state index in [9.17, 15) is 0 Å². The van der Waals surface area contributed by atoms with Gasteiger partial charge in [0.05, 0.1) is 6.26 Å². The van der Waals surface area contributed by atoms with E-state index in [1.807, 2.05) is 7.11 Å². The van der Waals surface area contributed by atoms with Crippen LogP contribution in [0, 0.1) is 0 Å². The van der Waals surface area contributed by atoms with E-state index in [0.717, 1.165) is 0 Å². The van der Waals surface area contributed by atoms with Crippen LogP contribution in [-0.2, 0) is 8.85 Å². The highest BCUT2D eigenvalue weighted by Gasteiger charge is 2.54. The van der Waals surface area contributed by atoms with E-state index in [1.165, 1.54) is 51.4 Å². The summed E-state index contributed by atoms with van der Waals surface area (Å²) in [5.41, 5.74) is 1.41. The SMILES string of the molecule is C=CO[Si](OC)(C1CCCC1)C1CCCC1. The maximum absolute atomic E-state index is 6.03. The summed E-state index contributed by atoms with van der Waals surface area (Å²) in [5.74, 6) is 0. The molecule has 2 aliphatic carbocycles. The van der Waals surface area contributed by atoms with Crippen LogP contribution >= 0.6 is 0 Å². The molecule has 2 aliphatic rings. The van der Waals surface area contributed by atoms with Gasteiger partial charge < -0.3 is 8.85 Å². The second-order valence-electron chi connectivity index (χ2n) is 5.17. The van der Waals surface area contributed by atoms with Crippen LogP contribution in [0.1, 0.15) is 51.4 Å². The standard InChI is InChI=1S/C13H24O2Si/c1-3-15-16(14-2,12-8-4-5-9-12)13-10-6-7-11-13/h3,12-13H,1,4-11H2,2H3. The monoisotopic (exact) mass is 240 g/mol. The first-order chi connectivity index (χ1) is 7.83. The fourth-order valence-electron chi connectivity index (χ4n) is 3.69. The van der Waals surface area contributed by atoms with E-state index < -0.39 is 8.56 Å². The molecular weight excluding hydrogens is 216 g/mol. The van der Waals surface area contributed by atoms with Crippen molar-refractivity contribution >= 4 is 8.56 Å². The summed E-state index contributed by atoms with van der Waals surface area (Å²) in [4.78, 5) is 0. The van der Waals surface area contributed by atoms with Crippen LogP contribution in [-0.4, -0.2) is 15.7 Å². The zero-order chi connectivity index (χ0) is 11.4. The Bertz CT molecular complexity index is 214. The van der Waals surface area contributed by atoms with E-state index in [1.54, 1.807) is 6.26 Å². The van der Waals surface area contributed by atoms with Crippen LogP contribution in [0.15, 0.2) is 12.8 Å². The van der Waals surface area contributed by atoms with Gasteiger partial charge >= 0.3 is 8.56 Å². The van der Waals surface area contributed by atoms with E-state index >= 15 is 0 Å². The first-order valence-electron chi connectivity index (χ1n) is 6.67. The van der Waals surface area contributed by atoms with Crippen molar-refractivity contribution in [2.24, 2.45) is 0 Å². The van der Waals surface area contributed by atoms with Crippen LogP contribution in [0.5, 0.6) is 0 Å². The van der Waals surface area contributed by atoms with Crippen LogP contribution in [0.25, 0.3) is 0 Å². The van der Waals surface area contributed by atoms with Gasteiger partial charge in [0, 0.05) is 18.2 Å². The zero-order valence-electron chi connectivity index (χ0n) is 10.4. The van der Waals surface area contributed by atoms with E-state index in [-0.39, 0.29) is 0 Å². The van der Waals surface area contributed by atoms with Crippen LogP contribution in [0.4, 0.5) is 0 Å². The van der Waals surface area contributed by atoms with Gasteiger partial charge in [0.15, 0.2) is 0 Å². The molecule has 16 heavy (non-hydrogen) atoms. The van der Waals surface area contributed by atoms with Crippen molar-refractivity contribution in [3.8, 4) is 0 Å². The first kappa shape index (κ1) is 12.2. The molecule has 0 heterocycles. The number of hydrogen-bond acceptors (Lipinski definition) is 2. The second-order valence-corrected chi connectivity index (χ2v) is 8.89. The van der Waals surface area contributed by atoms with Crippen LogP contribution in [0.2, 0.25) is 11.1 Å². The van der Waals surface area contributed by atoms with Crippen molar-refractivity contribution in [3.05, 3.63) is 12.8 Å². The smallest absolute Gasteiger partial charge is 0.404 e. The van der Waals surface area contributed by atoms with Crippen LogP contribution < -0.4 is 0 Å². The lowest BCUT2D eigenvalue weighted by Crippen LogP contribution is -2.48. The predicted octanol–water partition coefficient (Wildman–Crippen LogP) is 4.12. The molecular formula is C13H24O2Si. The Morgan fingerprint density at radius 2 is 1.44 bits per heavy atom. The van der Waals surface area contributed by atoms with Crippen molar-refractivity contribution in [3.63, 3.8) is 0 Å². The third-order valence-electron chi connectivity index (χ3n) is 4.43. The Morgan fingerprint density at radius 1 is 1.00 bits per heavy atom. The molecule has 0 amide bonds. The van der Waals surface area contributed by atoms with E-state index in [2.05, 4.69) is 6.58 Å². The van der Waals surface area contributed by atoms with Gasteiger partial charge in [-0.1, -0.05) is 32.3 Å². The van der Waals surface area contributed by atoms with Crippen molar-refractivity contribution in [1.82, 2.24) is 0 Å². The summed E-state index contributed by atoms with van der Waals surface area (Å²) < 4.78 is 12.0. The highest BCUT2D eigenvalue weighted by atomic mass is 28.4. The Kier molecular flexibility index (Phi) is 4.09. The molecule has 0 bridgehead atoms. The minimum Gasteiger partial charge on any atom is -0.527 e. The Balaban J connectivity index is 2.17. The molecule has 0 N–H and O–H groups in total. The summed E-state index contributed by atoms with van der Waals surface area (Å²) in [6, 6.07) is 0. The summed E-state index contributed by atoms with van der Waals surface area (Å²) >= 11 is 0. The van der Waals surface area contributed by atoms with Gasteiger partial charge in [-0.2, -0.15) is 0 Å². The average molecular weight is 240 g/mol. The van der Waals surface area contributed by atoms with Crippen molar-refractivity contribution in [2.75, 3.05) is 7.11 Å². The molecule has 0 aromatic carbocycles. The molecule has 0 unspecified atom stereocenters. The van der Waals surface area contributed by atoms with Gasteiger partial charge in [-0.25, -0.2) is 0 Å². The molecule has 0 atom stereocenters. The third-order valence-corrected chi connectivity index (χ3v) is 9.04. The number of hydrogen-bond donors (Lipinski definition) is 0. The average Bonchev–Trinajstić information content (AvgIpc) is 2.98. The van der Waals surface area contributed by atoms with E-state index in [0.29, 0.717) is 11.1 Å². The summed E-state index contributed by atoms with van der Waals surface area (Å²) in [5, 5.41) is 0. The molecule has 0 radical (unpaired) electrons. The van der Waals surface area contributed by atoms with Crippen molar-refractivity contribution in [2.45, 2.75) is 62.4 Å². The summed E-state index contributed by atoms with van der Waals surface area (Å²) in [7, 11) is -0.154. The Hall–Kier alpha value is -0.283. The lowest BCUT2D eigenvalue weighted by atomic mass is 10.3. The fourth-order valence-corrected chi connectivity index (χ4v) is 8.19. The van der Waals surface area contributed by atoms with Gasteiger partial charge in [0.25, 0.3) is 0 Å². The minimum absolute atomic E-state index is 0.707. The maximum Gasteiger partial charge on any atom is 0.404 e. The van der Waals surface area contributed by atoms with Gasteiger partial charge in [0.2, 0.25) is 0 Å². The zero-order valence-corrected chi connectivity index (χ0v) is 11.4. The lowest BCUT2D eigenvalue weighted by molar-refractivity contribution is 0.239. The minimum atomic E-state index is -2.02. The molecule has 0 aromatic rings. The highest BCUT2D eigenvalue weighted by molar-refractivity contribution is 6.70. The normalized spacial score (nSPS) is 23.8. The van der Waals surface area contributed by atoms with Gasteiger partial charge in [-0.3, -0.25) is 0 Å². The molecule has 2 saturated carbocycles. The van der Waals surface area contributed by atoms with E-state index in [4.69, 9.17) is 8.85 Å². The summed E-state index contributed by atoms with van der Waals surface area (Å²) in [6.45, 7) is 3.77. The molecule has 0 aromatic heterocycles. The topological polar surface area (TPSA) is 18.5 Å². The van der Waals surface area contributed by atoms with Crippen LogP contribution in [0.3, 0.4) is 0 Å². The molecule has 2 nitrogen and oxygen atoms in total. The quantitative estimate of drug-likeness (QED) is 0.531. The molecule has 0 saturated heterocycles. The molecule has 0 spiro atoms. The van der Waals surface area contributed by atoms with Gasteiger partial charge in [-0.15, -0.1) is 0 Å². The summed E-state index contributed by atoms with van der Waals surface area (Å²) in [6.07, 6.45) is 12.3. The first-order valence-corrected chi connectivity index (χ1v) is 8.64. The maximum atomic E-state index is 6.03. The third kappa shape index (κ3) is 2.07. The second kappa shape index (κ2) is 5.37. The molecule has 2 fully saturated rings. The largest absolute Gasteiger partial charge is 0.527 e. The predicted molar refractivity (Wildman–Crippen MR) is 68.5 cm³/mol. The molecule has 0 aliphatic heterocycles. The molecule has 92 valence electrons. The lowest BCUT2D eigenvalue weighted by Gasteiger charge is -2.37. The Labute approximate surface area is 100 Å². The fraction of sp³-hybridized carbons (Fsp3) is 0.846. The highest BCUT2D eigenvalue weighted by Crippen LogP contribution is 2.50. The van der Waals surface area contributed by atoms with Gasteiger partial charge in [0.1, 0.15) is 0 Å². The Morgan fingerprint density at radius 3 is 1.75 bits per heavy atom. The van der Waals surface area contributed by atoms with Crippen molar-refractivity contribution < 1.29 is 8.85 Å². The molecule has 2 rings (SSSR count). The van der Waals surface area contributed by atoms with Crippen molar-refractivity contribution in [1.29, 1.82) is 0 Å². The van der Waals surface area contributed by atoms with Gasteiger partial charge in [-0.05, 0) is 25.7 Å².